The van der Waals surface area contributed by atoms with Gasteiger partial charge < -0.3 is 15.2 Å². The van der Waals surface area contributed by atoms with Crippen molar-refractivity contribution in [2.75, 3.05) is 5.32 Å². The van der Waals surface area contributed by atoms with Crippen molar-refractivity contribution in [1.29, 1.82) is 0 Å². The van der Waals surface area contributed by atoms with Gasteiger partial charge in [-0.2, -0.15) is 0 Å². The van der Waals surface area contributed by atoms with Crippen molar-refractivity contribution in [3.63, 3.8) is 0 Å². The van der Waals surface area contributed by atoms with Crippen LogP contribution >= 0.6 is 0 Å². The van der Waals surface area contributed by atoms with E-state index in [-0.39, 0.29) is 29.6 Å². The molecule has 96 valence electrons. The molecule has 5 nitrogen and oxygen atoms in total. The van der Waals surface area contributed by atoms with Crippen molar-refractivity contribution in [3.05, 3.63) is 23.6 Å². The molecule has 3 heterocycles. The summed E-state index contributed by atoms with van der Waals surface area (Å²) in [4.78, 5) is 14.9. The van der Waals surface area contributed by atoms with E-state index in [9.17, 15) is 9.18 Å². The van der Waals surface area contributed by atoms with Gasteiger partial charge in [-0.15, -0.1) is 0 Å². The predicted molar refractivity (Wildman–Crippen MR) is 61.1 cm³/mol. The summed E-state index contributed by atoms with van der Waals surface area (Å²) in [5.74, 6) is -1.62. The Balaban J connectivity index is 1.82. The lowest BCUT2D eigenvalue weighted by Crippen LogP contribution is -2.31. The van der Waals surface area contributed by atoms with Crippen LogP contribution in [-0.4, -0.2) is 34.3 Å². The van der Waals surface area contributed by atoms with Crippen LogP contribution in [0, 0.1) is 5.82 Å². The molecule has 2 aliphatic rings. The molecule has 2 fully saturated rings. The standard InChI is InChI=1S/C12H13FN2O3/c13-6-3-8(12(16)17)11(14-5-6)15-9-4-7-1-2-10(9)18-7/h3,5,7,9-10H,1-2,4H2,(H,14,15)(H,16,17). The van der Waals surface area contributed by atoms with E-state index in [1.807, 2.05) is 0 Å². The summed E-state index contributed by atoms with van der Waals surface area (Å²) in [5.41, 5.74) is -0.141. The summed E-state index contributed by atoms with van der Waals surface area (Å²) in [6, 6.07) is 1.05. The van der Waals surface area contributed by atoms with Crippen LogP contribution in [0.4, 0.5) is 10.2 Å². The van der Waals surface area contributed by atoms with E-state index in [0.717, 1.165) is 31.5 Å². The number of halogens is 1. The van der Waals surface area contributed by atoms with Gasteiger partial charge in [0.15, 0.2) is 0 Å². The largest absolute Gasteiger partial charge is 0.478 e. The number of rotatable bonds is 3. The molecule has 1 aromatic heterocycles. The monoisotopic (exact) mass is 252 g/mol. The number of carboxylic acid groups (broad SMARTS) is 1. The first-order valence-electron chi connectivity index (χ1n) is 5.94. The van der Waals surface area contributed by atoms with Crippen molar-refractivity contribution in [1.82, 2.24) is 4.98 Å². The van der Waals surface area contributed by atoms with E-state index in [2.05, 4.69) is 10.3 Å². The number of carboxylic acids is 1. The zero-order valence-corrected chi connectivity index (χ0v) is 9.60. The molecule has 0 aliphatic carbocycles. The summed E-state index contributed by atoms with van der Waals surface area (Å²) < 4.78 is 18.7. The lowest BCUT2D eigenvalue weighted by molar-refractivity contribution is 0.0696. The summed E-state index contributed by atoms with van der Waals surface area (Å²) in [5, 5.41) is 12.1. The zero-order valence-electron chi connectivity index (χ0n) is 9.60. The number of nitrogens with one attached hydrogen (secondary N) is 1. The highest BCUT2D eigenvalue weighted by Crippen LogP contribution is 2.36. The highest BCUT2D eigenvalue weighted by molar-refractivity contribution is 5.93. The predicted octanol–water partition coefficient (Wildman–Crippen LogP) is 1.65. The quantitative estimate of drug-likeness (QED) is 0.855. The van der Waals surface area contributed by atoms with Crippen LogP contribution in [-0.2, 0) is 4.74 Å². The Bertz CT molecular complexity index is 494. The van der Waals surface area contributed by atoms with Crippen LogP contribution in [0.5, 0.6) is 0 Å². The molecular formula is C12H13FN2O3. The normalized spacial score (nSPS) is 29.5. The van der Waals surface area contributed by atoms with E-state index in [1.54, 1.807) is 0 Å². The van der Waals surface area contributed by atoms with Gasteiger partial charge in [0, 0.05) is 0 Å². The van der Waals surface area contributed by atoms with Gasteiger partial charge in [0.25, 0.3) is 0 Å². The van der Waals surface area contributed by atoms with Gasteiger partial charge in [-0.05, 0) is 25.3 Å². The molecule has 3 unspecified atom stereocenters. The highest BCUT2D eigenvalue weighted by Gasteiger charge is 2.41. The van der Waals surface area contributed by atoms with Gasteiger partial charge in [-0.1, -0.05) is 0 Å². The third-order valence-corrected chi connectivity index (χ3v) is 3.51. The molecule has 6 heteroatoms. The van der Waals surface area contributed by atoms with Crippen LogP contribution in [0.1, 0.15) is 29.6 Å². The molecule has 18 heavy (non-hydrogen) atoms. The van der Waals surface area contributed by atoms with E-state index >= 15 is 0 Å². The van der Waals surface area contributed by atoms with E-state index in [1.165, 1.54) is 0 Å². The third kappa shape index (κ3) is 1.92. The number of aromatic carboxylic acids is 1. The fourth-order valence-corrected chi connectivity index (χ4v) is 2.68. The van der Waals surface area contributed by atoms with Crippen LogP contribution in [0.2, 0.25) is 0 Å². The number of fused-ring (bicyclic) bond motifs is 2. The van der Waals surface area contributed by atoms with Crippen LogP contribution in [0.25, 0.3) is 0 Å². The lowest BCUT2D eigenvalue weighted by atomic mass is 9.95. The number of pyridine rings is 1. The number of nitrogens with zero attached hydrogens (tertiary/aromatic N) is 1. The maximum Gasteiger partial charge on any atom is 0.339 e. The van der Waals surface area contributed by atoms with Gasteiger partial charge in [-0.3, -0.25) is 0 Å². The maximum atomic E-state index is 13.0. The smallest absolute Gasteiger partial charge is 0.339 e. The second-order valence-corrected chi connectivity index (χ2v) is 4.72. The summed E-state index contributed by atoms with van der Waals surface area (Å²) in [7, 11) is 0. The van der Waals surface area contributed by atoms with Crippen molar-refractivity contribution >= 4 is 11.8 Å². The molecule has 0 aromatic carbocycles. The molecule has 0 saturated carbocycles. The van der Waals surface area contributed by atoms with Gasteiger partial charge in [0.05, 0.1) is 24.4 Å². The molecule has 2 aliphatic heterocycles. The fraction of sp³-hybridized carbons (Fsp3) is 0.500. The summed E-state index contributed by atoms with van der Waals surface area (Å²) >= 11 is 0. The van der Waals surface area contributed by atoms with Crippen LogP contribution < -0.4 is 5.32 Å². The maximum absolute atomic E-state index is 13.0. The Morgan fingerprint density at radius 1 is 1.56 bits per heavy atom. The minimum absolute atomic E-state index is 0.0693. The molecule has 3 atom stereocenters. The first-order valence-corrected chi connectivity index (χ1v) is 5.94. The second kappa shape index (κ2) is 4.20. The average molecular weight is 252 g/mol. The van der Waals surface area contributed by atoms with Crippen molar-refractivity contribution in [2.45, 2.75) is 37.5 Å². The molecule has 0 radical (unpaired) electrons. The Kier molecular flexibility index (Phi) is 2.66. The Labute approximate surface area is 103 Å². The third-order valence-electron chi connectivity index (χ3n) is 3.51. The SMILES string of the molecule is O=C(O)c1cc(F)cnc1NC1CC2CCC1O2. The van der Waals surface area contributed by atoms with Crippen molar-refractivity contribution < 1.29 is 19.0 Å². The Morgan fingerprint density at radius 2 is 2.39 bits per heavy atom. The number of anilines is 1. The van der Waals surface area contributed by atoms with Crippen LogP contribution in [0.3, 0.4) is 0 Å². The number of carbonyl (C=O) groups is 1. The lowest BCUT2D eigenvalue weighted by Gasteiger charge is -2.21. The van der Waals surface area contributed by atoms with E-state index < -0.39 is 11.8 Å². The van der Waals surface area contributed by atoms with E-state index in [0.29, 0.717) is 0 Å². The van der Waals surface area contributed by atoms with Gasteiger partial charge in [0.2, 0.25) is 0 Å². The minimum atomic E-state index is -1.19. The number of ether oxygens (including phenoxy) is 1. The zero-order chi connectivity index (χ0) is 12.7. The van der Waals surface area contributed by atoms with Crippen molar-refractivity contribution in [3.8, 4) is 0 Å². The summed E-state index contributed by atoms with van der Waals surface area (Å²) in [6.07, 6.45) is 4.29. The first-order chi connectivity index (χ1) is 8.63. The Hall–Kier alpha value is -1.69. The average Bonchev–Trinajstić information content (AvgIpc) is 2.93. The van der Waals surface area contributed by atoms with Gasteiger partial charge >= 0.3 is 5.97 Å². The minimum Gasteiger partial charge on any atom is -0.478 e. The molecule has 0 spiro atoms. The first kappa shape index (κ1) is 11.4. The van der Waals surface area contributed by atoms with Gasteiger partial charge in [0.1, 0.15) is 17.2 Å². The van der Waals surface area contributed by atoms with E-state index in [4.69, 9.17) is 9.84 Å². The number of hydrogen-bond acceptors (Lipinski definition) is 4. The van der Waals surface area contributed by atoms with Crippen molar-refractivity contribution in [2.24, 2.45) is 0 Å². The topological polar surface area (TPSA) is 71.5 Å². The van der Waals surface area contributed by atoms with Gasteiger partial charge in [-0.25, -0.2) is 14.2 Å². The molecule has 2 bridgehead atoms. The molecule has 2 N–H and O–H groups in total. The highest BCUT2D eigenvalue weighted by atomic mass is 19.1. The molecule has 3 rings (SSSR count). The summed E-state index contributed by atoms with van der Waals surface area (Å²) in [6.45, 7) is 0. The van der Waals surface area contributed by atoms with Crippen LogP contribution in [0.15, 0.2) is 12.3 Å². The number of hydrogen-bond donors (Lipinski definition) is 2. The fourth-order valence-electron chi connectivity index (χ4n) is 2.68. The molecule has 1 aromatic rings. The second-order valence-electron chi connectivity index (χ2n) is 4.72. The Morgan fingerprint density at radius 3 is 3.00 bits per heavy atom. The molecule has 0 amide bonds. The molecule has 2 saturated heterocycles. The molecular weight excluding hydrogens is 239 g/mol. The number of aromatic nitrogens is 1.